The van der Waals surface area contributed by atoms with Gasteiger partial charge in [0, 0.05) is 18.1 Å². The number of nitrogens with zero attached hydrogens (tertiary/aromatic N) is 1. The molecule has 0 aromatic rings. The van der Waals surface area contributed by atoms with E-state index in [4.69, 9.17) is 11.6 Å². The van der Waals surface area contributed by atoms with Gasteiger partial charge in [0.1, 0.15) is 0 Å². The second kappa shape index (κ2) is 5.66. The lowest BCUT2D eigenvalue weighted by molar-refractivity contribution is 0.178. The van der Waals surface area contributed by atoms with Crippen molar-refractivity contribution in [1.82, 2.24) is 4.90 Å². The highest BCUT2D eigenvalue weighted by atomic mass is 35.5. The molecule has 0 spiro atoms. The number of rotatable bonds is 3. The molecule has 0 amide bonds. The molecule has 2 heteroatoms. The van der Waals surface area contributed by atoms with Crippen LogP contribution in [0, 0.1) is 5.92 Å². The van der Waals surface area contributed by atoms with Crippen LogP contribution in [0.5, 0.6) is 0 Å². The Morgan fingerprint density at radius 2 is 2.23 bits per heavy atom. The van der Waals surface area contributed by atoms with Crippen molar-refractivity contribution in [2.75, 3.05) is 13.6 Å². The van der Waals surface area contributed by atoms with Gasteiger partial charge in [-0.05, 0) is 25.8 Å². The average Bonchev–Trinajstić information content (AvgIpc) is 2.14. The van der Waals surface area contributed by atoms with E-state index < -0.39 is 0 Å². The first-order valence-corrected chi connectivity index (χ1v) is 5.63. The predicted octanol–water partition coefficient (Wildman–Crippen LogP) is 3.25. The Labute approximate surface area is 86.8 Å². The summed E-state index contributed by atoms with van der Waals surface area (Å²) in [6, 6.07) is 0.775. The summed E-state index contributed by atoms with van der Waals surface area (Å²) >= 11 is 5.51. The lowest BCUT2D eigenvalue weighted by Gasteiger charge is -2.33. The number of halogens is 1. The molecule has 76 valence electrons. The van der Waals surface area contributed by atoms with Gasteiger partial charge in [0.15, 0.2) is 0 Å². The second-order valence-corrected chi connectivity index (χ2v) is 4.48. The molecular formula is C11H20ClN. The van der Waals surface area contributed by atoms with E-state index in [0.29, 0.717) is 0 Å². The summed E-state index contributed by atoms with van der Waals surface area (Å²) < 4.78 is 0. The minimum Gasteiger partial charge on any atom is -0.300 e. The van der Waals surface area contributed by atoms with E-state index in [-0.39, 0.29) is 0 Å². The van der Waals surface area contributed by atoms with Crippen LogP contribution < -0.4 is 0 Å². The van der Waals surface area contributed by atoms with E-state index in [1.165, 1.54) is 25.7 Å². The van der Waals surface area contributed by atoms with Crippen LogP contribution in [0.1, 0.15) is 32.6 Å². The van der Waals surface area contributed by atoms with Gasteiger partial charge in [0.25, 0.3) is 0 Å². The fourth-order valence-corrected chi connectivity index (χ4v) is 2.24. The van der Waals surface area contributed by atoms with Crippen molar-refractivity contribution in [3.8, 4) is 0 Å². The highest BCUT2D eigenvalue weighted by molar-refractivity contribution is 6.25. The molecule has 0 aromatic carbocycles. The highest BCUT2D eigenvalue weighted by Crippen LogP contribution is 2.26. The first kappa shape index (κ1) is 11.1. The molecule has 2 unspecified atom stereocenters. The maximum Gasteiger partial charge on any atom is 0.0174 e. The first-order valence-electron chi connectivity index (χ1n) is 5.19. The molecule has 1 nitrogen and oxygen atoms in total. The molecule has 0 aliphatic heterocycles. The minimum atomic E-state index is 0.775. The van der Waals surface area contributed by atoms with Gasteiger partial charge in [0.05, 0.1) is 0 Å². The van der Waals surface area contributed by atoms with Crippen molar-refractivity contribution in [2.45, 2.75) is 38.6 Å². The third-order valence-electron chi connectivity index (χ3n) is 3.01. The topological polar surface area (TPSA) is 3.24 Å². The van der Waals surface area contributed by atoms with Crippen LogP contribution in [-0.2, 0) is 0 Å². The first-order chi connectivity index (χ1) is 6.24. The predicted molar refractivity (Wildman–Crippen MR) is 59.0 cm³/mol. The van der Waals surface area contributed by atoms with Gasteiger partial charge in [-0.15, -0.1) is 0 Å². The van der Waals surface area contributed by atoms with E-state index >= 15 is 0 Å². The Hall–Kier alpha value is -0.0100. The highest BCUT2D eigenvalue weighted by Gasteiger charge is 2.21. The largest absolute Gasteiger partial charge is 0.300 e. The van der Waals surface area contributed by atoms with Gasteiger partial charge >= 0.3 is 0 Å². The van der Waals surface area contributed by atoms with Gasteiger partial charge in [-0.2, -0.15) is 0 Å². The van der Waals surface area contributed by atoms with Crippen molar-refractivity contribution >= 4 is 11.6 Å². The molecule has 0 aromatic heterocycles. The molecule has 13 heavy (non-hydrogen) atoms. The zero-order chi connectivity index (χ0) is 9.68. The number of hydrogen-bond donors (Lipinski definition) is 0. The molecule has 0 saturated heterocycles. The summed E-state index contributed by atoms with van der Waals surface area (Å²) in [5.41, 5.74) is 1.61. The summed E-state index contributed by atoms with van der Waals surface area (Å²) in [4.78, 5) is 2.41. The maximum atomic E-state index is 5.51. The lowest BCUT2D eigenvalue weighted by Crippen LogP contribution is -2.35. The van der Waals surface area contributed by atoms with Crippen LogP contribution in [0.3, 0.4) is 0 Å². The maximum absolute atomic E-state index is 5.51. The Morgan fingerprint density at radius 3 is 2.85 bits per heavy atom. The van der Waals surface area contributed by atoms with E-state index in [1.54, 1.807) is 5.54 Å². The van der Waals surface area contributed by atoms with E-state index in [2.05, 4.69) is 18.9 Å². The van der Waals surface area contributed by atoms with Gasteiger partial charge in [-0.25, -0.2) is 0 Å². The standard InChI is InChI=1S/C11H20ClN/c1-10-5-3-6-11(9-10)13(2)8-4-7-12/h4,7,10-11H,3,5-6,8-9H2,1-2H3/b7-4+. The van der Waals surface area contributed by atoms with Crippen molar-refractivity contribution < 1.29 is 0 Å². The Kier molecular flexibility index (Phi) is 4.82. The summed E-state index contributed by atoms with van der Waals surface area (Å²) in [6.45, 7) is 3.35. The molecule has 0 heterocycles. The van der Waals surface area contributed by atoms with Gasteiger partial charge in [-0.1, -0.05) is 37.4 Å². The minimum absolute atomic E-state index is 0.775. The van der Waals surface area contributed by atoms with Crippen molar-refractivity contribution in [3.63, 3.8) is 0 Å². The van der Waals surface area contributed by atoms with Crippen molar-refractivity contribution in [1.29, 1.82) is 0 Å². The van der Waals surface area contributed by atoms with Crippen molar-refractivity contribution in [2.24, 2.45) is 5.92 Å². The third kappa shape index (κ3) is 3.70. The SMILES string of the molecule is CC1CCCC(N(C)C/C=C/Cl)C1. The molecule has 1 fully saturated rings. The summed E-state index contributed by atoms with van der Waals surface area (Å²) in [5, 5.41) is 0. The Balaban J connectivity index is 2.32. The molecule has 0 radical (unpaired) electrons. The molecule has 0 N–H and O–H groups in total. The van der Waals surface area contributed by atoms with Crippen LogP contribution in [-0.4, -0.2) is 24.5 Å². The van der Waals surface area contributed by atoms with Crippen LogP contribution in [0.2, 0.25) is 0 Å². The van der Waals surface area contributed by atoms with Crippen LogP contribution in [0.25, 0.3) is 0 Å². The Morgan fingerprint density at radius 1 is 1.46 bits per heavy atom. The zero-order valence-corrected chi connectivity index (χ0v) is 9.43. The Bertz CT molecular complexity index is 167. The lowest BCUT2D eigenvalue weighted by atomic mass is 9.86. The number of hydrogen-bond acceptors (Lipinski definition) is 1. The number of likely N-dealkylation sites (N-methyl/N-ethyl adjacent to an activating group) is 1. The normalized spacial score (nSPS) is 30.2. The quantitative estimate of drug-likeness (QED) is 0.678. The fraction of sp³-hybridized carbons (Fsp3) is 0.818. The smallest absolute Gasteiger partial charge is 0.0174 e. The third-order valence-corrected chi connectivity index (χ3v) is 3.19. The second-order valence-electron chi connectivity index (χ2n) is 4.23. The molecule has 2 atom stereocenters. The molecule has 0 bridgehead atoms. The van der Waals surface area contributed by atoms with Gasteiger partial charge < -0.3 is 0 Å². The van der Waals surface area contributed by atoms with Crippen LogP contribution in [0.4, 0.5) is 0 Å². The van der Waals surface area contributed by atoms with Gasteiger partial charge in [0.2, 0.25) is 0 Å². The van der Waals surface area contributed by atoms with Crippen LogP contribution in [0.15, 0.2) is 11.6 Å². The monoisotopic (exact) mass is 201 g/mol. The summed E-state index contributed by atoms with van der Waals surface area (Å²) in [6.07, 6.45) is 7.53. The van der Waals surface area contributed by atoms with E-state index in [0.717, 1.165) is 18.5 Å². The summed E-state index contributed by atoms with van der Waals surface area (Å²) in [7, 11) is 2.19. The average molecular weight is 202 g/mol. The summed E-state index contributed by atoms with van der Waals surface area (Å²) in [5.74, 6) is 0.904. The fourth-order valence-electron chi connectivity index (χ4n) is 2.16. The molecular weight excluding hydrogens is 182 g/mol. The van der Waals surface area contributed by atoms with Crippen LogP contribution >= 0.6 is 11.6 Å². The zero-order valence-electron chi connectivity index (χ0n) is 8.67. The molecule has 1 aliphatic carbocycles. The molecule has 1 rings (SSSR count). The van der Waals surface area contributed by atoms with E-state index in [1.807, 2.05) is 6.08 Å². The molecule has 1 saturated carbocycles. The van der Waals surface area contributed by atoms with Crippen molar-refractivity contribution in [3.05, 3.63) is 11.6 Å². The van der Waals surface area contributed by atoms with Gasteiger partial charge in [-0.3, -0.25) is 4.90 Å². The molecule has 1 aliphatic rings. The van der Waals surface area contributed by atoms with E-state index in [9.17, 15) is 0 Å².